The van der Waals surface area contributed by atoms with E-state index in [9.17, 15) is 13.2 Å². The van der Waals surface area contributed by atoms with Gasteiger partial charge in [0.15, 0.2) is 0 Å². The van der Waals surface area contributed by atoms with Gasteiger partial charge >= 0.3 is 0 Å². The Morgan fingerprint density at radius 2 is 1.86 bits per heavy atom. The third kappa shape index (κ3) is 4.71. The number of aryl methyl sites for hydroxylation is 1. The molecule has 0 atom stereocenters. The van der Waals surface area contributed by atoms with Gasteiger partial charge in [-0.1, -0.05) is 18.2 Å². The molecule has 3 rings (SSSR count). The molecule has 146 valence electrons. The Balaban J connectivity index is 1.62. The van der Waals surface area contributed by atoms with Crippen LogP contribution in [-0.2, 0) is 16.6 Å². The maximum Gasteiger partial charge on any atom is 0.271 e. The summed E-state index contributed by atoms with van der Waals surface area (Å²) in [6.45, 7) is 2.32. The van der Waals surface area contributed by atoms with Gasteiger partial charge < -0.3 is 10.1 Å². The smallest absolute Gasteiger partial charge is 0.271 e. The number of thiophene rings is 1. The van der Waals surface area contributed by atoms with E-state index in [0.29, 0.717) is 17.8 Å². The summed E-state index contributed by atoms with van der Waals surface area (Å²) in [4.78, 5) is 12.3. The lowest BCUT2D eigenvalue weighted by Crippen LogP contribution is -2.22. The quantitative estimate of drug-likeness (QED) is 0.614. The van der Waals surface area contributed by atoms with E-state index in [0.717, 1.165) is 28.2 Å². The fourth-order valence-corrected chi connectivity index (χ4v) is 4.62. The minimum absolute atomic E-state index is 0.239. The topological polar surface area (TPSA) is 84.5 Å². The van der Waals surface area contributed by atoms with E-state index < -0.39 is 10.0 Å². The van der Waals surface area contributed by atoms with Gasteiger partial charge in [-0.2, -0.15) is 0 Å². The second-order valence-electron chi connectivity index (χ2n) is 6.10. The molecule has 0 unspecified atom stereocenters. The van der Waals surface area contributed by atoms with E-state index in [2.05, 4.69) is 10.0 Å². The largest absolute Gasteiger partial charge is 0.496 e. The number of carbonyl (C=O) groups is 1. The number of carbonyl (C=O) groups excluding carboxylic acids is 1. The average Bonchev–Trinajstić information content (AvgIpc) is 3.23. The first kappa shape index (κ1) is 19.9. The minimum atomic E-state index is -3.60. The van der Waals surface area contributed by atoms with Crippen LogP contribution in [0.2, 0.25) is 0 Å². The minimum Gasteiger partial charge on any atom is -0.496 e. The van der Waals surface area contributed by atoms with Gasteiger partial charge in [-0.05, 0) is 59.8 Å². The van der Waals surface area contributed by atoms with Crippen LogP contribution in [0.15, 0.2) is 64.2 Å². The zero-order valence-corrected chi connectivity index (χ0v) is 17.1. The van der Waals surface area contributed by atoms with Crippen molar-refractivity contribution >= 4 is 33.0 Å². The summed E-state index contributed by atoms with van der Waals surface area (Å²) in [5.74, 6) is 0.529. The van der Waals surface area contributed by atoms with Crippen molar-refractivity contribution in [2.24, 2.45) is 0 Å². The molecular weight excluding hydrogens is 396 g/mol. The van der Waals surface area contributed by atoms with E-state index in [1.54, 1.807) is 42.8 Å². The number of nitrogens with one attached hydrogen (secondary N) is 2. The van der Waals surface area contributed by atoms with E-state index >= 15 is 0 Å². The molecule has 1 heterocycles. The predicted octanol–water partition coefficient (Wildman–Crippen LogP) is 3.80. The summed E-state index contributed by atoms with van der Waals surface area (Å²) < 4.78 is 32.5. The van der Waals surface area contributed by atoms with Crippen molar-refractivity contribution in [2.75, 3.05) is 11.8 Å². The van der Waals surface area contributed by atoms with Gasteiger partial charge in [-0.25, -0.2) is 8.42 Å². The highest BCUT2D eigenvalue weighted by Crippen LogP contribution is 2.21. The van der Waals surface area contributed by atoms with Crippen molar-refractivity contribution < 1.29 is 17.9 Å². The highest BCUT2D eigenvalue weighted by Gasteiger charge is 2.15. The second-order valence-corrected chi connectivity index (χ2v) is 8.96. The van der Waals surface area contributed by atoms with Crippen molar-refractivity contribution in [3.63, 3.8) is 0 Å². The molecule has 8 heteroatoms. The van der Waals surface area contributed by atoms with Crippen LogP contribution in [-0.4, -0.2) is 21.4 Å². The standard InChI is InChI=1S/C20H20N2O4S2/c1-14-5-6-15(12-18(14)26-2)13-21-20(23)16-7-9-17(10-8-16)22-28(24,25)19-4-3-11-27-19/h3-12,22H,13H2,1-2H3,(H,21,23). The molecule has 0 saturated heterocycles. The first-order valence-corrected chi connectivity index (χ1v) is 10.8. The van der Waals surface area contributed by atoms with Crippen molar-refractivity contribution in [1.29, 1.82) is 0 Å². The normalized spacial score (nSPS) is 11.1. The number of anilines is 1. The van der Waals surface area contributed by atoms with Crippen LogP contribution in [0, 0.1) is 6.92 Å². The average molecular weight is 417 g/mol. The molecule has 0 fully saturated rings. The number of hydrogen-bond donors (Lipinski definition) is 2. The molecule has 1 amide bonds. The number of rotatable bonds is 7. The fourth-order valence-electron chi connectivity index (χ4n) is 2.57. The van der Waals surface area contributed by atoms with Crippen molar-refractivity contribution in [3.8, 4) is 5.75 Å². The molecule has 0 aliphatic rings. The summed E-state index contributed by atoms with van der Waals surface area (Å²) in [5.41, 5.74) is 2.79. The highest BCUT2D eigenvalue weighted by atomic mass is 32.2. The van der Waals surface area contributed by atoms with Crippen molar-refractivity contribution in [2.45, 2.75) is 17.7 Å². The summed E-state index contributed by atoms with van der Waals surface area (Å²) in [6.07, 6.45) is 0. The summed E-state index contributed by atoms with van der Waals surface area (Å²) in [5, 5.41) is 4.54. The molecule has 2 N–H and O–H groups in total. The monoisotopic (exact) mass is 416 g/mol. The third-order valence-electron chi connectivity index (χ3n) is 4.08. The third-order valence-corrected chi connectivity index (χ3v) is 6.86. The zero-order chi connectivity index (χ0) is 20.1. The molecule has 1 aromatic heterocycles. The van der Waals surface area contributed by atoms with Crippen LogP contribution in [0.4, 0.5) is 5.69 Å². The second kappa shape index (κ2) is 8.45. The first-order chi connectivity index (χ1) is 13.4. The fraction of sp³-hybridized carbons (Fsp3) is 0.150. The molecule has 0 radical (unpaired) electrons. The van der Waals surface area contributed by atoms with E-state index in [-0.39, 0.29) is 10.1 Å². The lowest BCUT2D eigenvalue weighted by Gasteiger charge is -2.10. The Kier molecular flexibility index (Phi) is 6.01. The maximum atomic E-state index is 12.3. The van der Waals surface area contributed by atoms with Gasteiger partial charge in [0.1, 0.15) is 9.96 Å². The zero-order valence-electron chi connectivity index (χ0n) is 15.4. The molecule has 0 aliphatic carbocycles. The van der Waals surface area contributed by atoms with Crippen molar-refractivity contribution in [3.05, 3.63) is 76.7 Å². The Morgan fingerprint density at radius 3 is 2.50 bits per heavy atom. The molecule has 0 aliphatic heterocycles. The van der Waals surface area contributed by atoms with Crippen LogP contribution in [0.1, 0.15) is 21.5 Å². The van der Waals surface area contributed by atoms with E-state index in [4.69, 9.17) is 4.74 Å². The Labute approximate surface area is 168 Å². The Morgan fingerprint density at radius 1 is 1.11 bits per heavy atom. The maximum absolute atomic E-state index is 12.3. The molecule has 3 aromatic rings. The lowest BCUT2D eigenvalue weighted by molar-refractivity contribution is 0.0951. The lowest BCUT2D eigenvalue weighted by atomic mass is 10.1. The SMILES string of the molecule is COc1cc(CNC(=O)c2ccc(NS(=O)(=O)c3cccs3)cc2)ccc1C. The molecular formula is C20H20N2O4S2. The summed E-state index contributed by atoms with van der Waals surface area (Å²) in [6, 6.07) is 15.3. The molecule has 2 aromatic carbocycles. The summed E-state index contributed by atoms with van der Waals surface area (Å²) in [7, 11) is -1.99. The van der Waals surface area contributed by atoms with Crippen LogP contribution in [0.25, 0.3) is 0 Å². The molecule has 0 saturated carbocycles. The number of methoxy groups -OCH3 is 1. The Hall–Kier alpha value is -2.84. The first-order valence-electron chi connectivity index (χ1n) is 8.47. The van der Waals surface area contributed by atoms with Gasteiger partial charge in [0.05, 0.1) is 7.11 Å². The Bertz CT molecular complexity index is 1060. The molecule has 28 heavy (non-hydrogen) atoms. The van der Waals surface area contributed by atoms with E-state index in [1.165, 1.54) is 6.07 Å². The van der Waals surface area contributed by atoms with Crippen LogP contribution in [0.3, 0.4) is 0 Å². The number of benzene rings is 2. The van der Waals surface area contributed by atoms with Gasteiger partial charge in [-0.3, -0.25) is 9.52 Å². The number of hydrogen-bond acceptors (Lipinski definition) is 5. The molecule has 0 bridgehead atoms. The van der Waals surface area contributed by atoms with Gasteiger partial charge in [0.2, 0.25) is 0 Å². The molecule has 6 nitrogen and oxygen atoms in total. The van der Waals surface area contributed by atoms with Crippen LogP contribution >= 0.6 is 11.3 Å². The van der Waals surface area contributed by atoms with E-state index in [1.807, 2.05) is 25.1 Å². The van der Waals surface area contributed by atoms with Crippen LogP contribution in [0.5, 0.6) is 5.75 Å². The van der Waals surface area contributed by atoms with Gasteiger partial charge in [0, 0.05) is 17.8 Å². The number of sulfonamides is 1. The van der Waals surface area contributed by atoms with Crippen molar-refractivity contribution in [1.82, 2.24) is 5.32 Å². The predicted molar refractivity (Wildman–Crippen MR) is 110 cm³/mol. The van der Waals surface area contributed by atoms with Crippen LogP contribution < -0.4 is 14.8 Å². The number of ether oxygens (including phenoxy) is 1. The van der Waals surface area contributed by atoms with Gasteiger partial charge in [-0.15, -0.1) is 11.3 Å². The number of amides is 1. The molecule has 0 spiro atoms. The van der Waals surface area contributed by atoms with Gasteiger partial charge in [0.25, 0.3) is 15.9 Å². The summed E-state index contributed by atoms with van der Waals surface area (Å²) >= 11 is 1.14. The highest BCUT2D eigenvalue weighted by molar-refractivity contribution is 7.94.